The van der Waals surface area contributed by atoms with E-state index in [-0.39, 0.29) is 18.9 Å². The van der Waals surface area contributed by atoms with Gasteiger partial charge < -0.3 is 19.1 Å². The van der Waals surface area contributed by atoms with Gasteiger partial charge in [-0.3, -0.25) is 9.59 Å². The van der Waals surface area contributed by atoms with Crippen molar-refractivity contribution >= 4 is 11.9 Å². The van der Waals surface area contributed by atoms with Gasteiger partial charge >= 0.3 is 5.97 Å². The Morgan fingerprint density at radius 3 is 2.26 bits per heavy atom. The van der Waals surface area contributed by atoms with Gasteiger partial charge in [0.1, 0.15) is 11.5 Å². The highest BCUT2D eigenvalue weighted by Crippen LogP contribution is 2.17. The number of likely N-dealkylation sites (N-methyl/N-ethyl adjacent to an activating group) is 1. The molecule has 1 unspecified atom stereocenters. The third-order valence-corrected chi connectivity index (χ3v) is 3.93. The Labute approximate surface area is 159 Å². The molecule has 0 aliphatic carbocycles. The molecule has 0 saturated heterocycles. The van der Waals surface area contributed by atoms with Crippen molar-refractivity contribution in [1.29, 1.82) is 0 Å². The van der Waals surface area contributed by atoms with Crippen molar-refractivity contribution in [2.75, 3.05) is 20.8 Å². The first kappa shape index (κ1) is 20.3. The number of rotatable bonds is 9. The smallest absolute Gasteiger partial charge is 0.310 e. The van der Waals surface area contributed by atoms with E-state index in [0.717, 1.165) is 11.3 Å². The zero-order chi connectivity index (χ0) is 19.6. The Hall–Kier alpha value is -3.02. The third-order valence-electron chi connectivity index (χ3n) is 3.93. The van der Waals surface area contributed by atoms with Gasteiger partial charge in [-0.15, -0.1) is 0 Å². The lowest BCUT2D eigenvalue weighted by atomic mass is 10.2. The molecule has 1 amide bonds. The summed E-state index contributed by atoms with van der Waals surface area (Å²) in [4.78, 5) is 25.8. The van der Waals surface area contributed by atoms with E-state index in [4.69, 9.17) is 14.2 Å². The molecule has 0 radical (unpaired) electrons. The van der Waals surface area contributed by atoms with Crippen LogP contribution in [-0.2, 0) is 20.9 Å². The van der Waals surface area contributed by atoms with Gasteiger partial charge in [-0.2, -0.15) is 0 Å². The third kappa shape index (κ3) is 6.66. The van der Waals surface area contributed by atoms with Crippen LogP contribution in [0.15, 0.2) is 54.6 Å². The highest BCUT2D eigenvalue weighted by atomic mass is 16.6. The van der Waals surface area contributed by atoms with Crippen molar-refractivity contribution in [2.45, 2.75) is 26.0 Å². The number of esters is 1. The molecule has 2 aromatic carbocycles. The molecule has 0 fully saturated rings. The molecule has 6 nitrogen and oxygen atoms in total. The van der Waals surface area contributed by atoms with Crippen LogP contribution < -0.4 is 9.47 Å². The van der Waals surface area contributed by atoms with Crippen LogP contribution in [0.25, 0.3) is 0 Å². The first-order valence-corrected chi connectivity index (χ1v) is 8.75. The standard InChI is InChI=1S/C21H25NO5/c1-16(21(24)22(2)15-17-7-5-4-6-8-17)27-20(23)13-14-26-19-11-9-18(25-3)10-12-19/h4-12,16H,13-15H2,1-3H3. The Balaban J connectivity index is 1.72. The average molecular weight is 371 g/mol. The van der Waals surface area contributed by atoms with Crippen molar-refractivity contribution in [3.8, 4) is 11.5 Å². The van der Waals surface area contributed by atoms with Crippen LogP contribution in [0.4, 0.5) is 0 Å². The topological polar surface area (TPSA) is 65.1 Å². The molecule has 144 valence electrons. The quantitative estimate of drug-likeness (QED) is 0.634. The summed E-state index contributed by atoms with van der Waals surface area (Å²) < 4.78 is 15.8. The maximum absolute atomic E-state index is 12.3. The van der Waals surface area contributed by atoms with Gasteiger partial charge in [-0.1, -0.05) is 30.3 Å². The second kappa shape index (κ2) is 10.2. The fourth-order valence-electron chi connectivity index (χ4n) is 2.48. The summed E-state index contributed by atoms with van der Waals surface area (Å²) >= 11 is 0. The Bertz CT molecular complexity index is 730. The Morgan fingerprint density at radius 2 is 1.63 bits per heavy atom. The lowest BCUT2D eigenvalue weighted by Crippen LogP contribution is -2.37. The number of amides is 1. The molecule has 1 atom stereocenters. The van der Waals surface area contributed by atoms with Gasteiger partial charge in [-0.25, -0.2) is 0 Å². The Kier molecular flexibility index (Phi) is 7.67. The number of benzene rings is 2. The maximum Gasteiger partial charge on any atom is 0.310 e. The van der Waals surface area contributed by atoms with Crippen LogP contribution in [0, 0.1) is 0 Å². The van der Waals surface area contributed by atoms with E-state index in [1.165, 1.54) is 0 Å². The van der Waals surface area contributed by atoms with Crippen molar-refractivity contribution in [1.82, 2.24) is 4.90 Å². The zero-order valence-electron chi connectivity index (χ0n) is 15.9. The predicted molar refractivity (Wildman–Crippen MR) is 102 cm³/mol. The average Bonchev–Trinajstić information content (AvgIpc) is 2.68. The molecule has 0 aromatic heterocycles. The fraction of sp³-hybridized carbons (Fsp3) is 0.333. The number of carbonyl (C=O) groups is 2. The number of carbonyl (C=O) groups excluding carboxylic acids is 2. The molecule has 6 heteroatoms. The summed E-state index contributed by atoms with van der Waals surface area (Å²) in [5.74, 6) is 0.643. The highest BCUT2D eigenvalue weighted by Gasteiger charge is 2.21. The minimum atomic E-state index is -0.841. The number of hydrogen-bond acceptors (Lipinski definition) is 5. The molecule has 2 aromatic rings. The minimum absolute atomic E-state index is 0.0616. The summed E-state index contributed by atoms with van der Waals surface area (Å²) in [6.07, 6.45) is -0.779. The van der Waals surface area contributed by atoms with E-state index in [2.05, 4.69) is 0 Å². The summed E-state index contributed by atoms with van der Waals surface area (Å²) in [6, 6.07) is 16.7. The first-order valence-electron chi connectivity index (χ1n) is 8.75. The first-order chi connectivity index (χ1) is 13.0. The number of hydrogen-bond donors (Lipinski definition) is 0. The monoisotopic (exact) mass is 371 g/mol. The molecule has 0 bridgehead atoms. The summed E-state index contributed by atoms with van der Waals surface area (Å²) in [7, 11) is 3.28. The second-order valence-electron chi connectivity index (χ2n) is 6.09. The Morgan fingerprint density at radius 1 is 1.00 bits per heavy atom. The van der Waals surface area contributed by atoms with Crippen molar-refractivity contribution in [3.63, 3.8) is 0 Å². The van der Waals surface area contributed by atoms with E-state index in [1.54, 1.807) is 50.2 Å². The summed E-state index contributed by atoms with van der Waals surface area (Å²) in [5, 5.41) is 0. The van der Waals surface area contributed by atoms with Gasteiger partial charge in [0.2, 0.25) is 0 Å². The second-order valence-corrected chi connectivity index (χ2v) is 6.09. The lowest BCUT2D eigenvalue weighted by molar-refractivity contribution is -0.159. The van der Waals surface area contributed by atoms with Gasteiger partial charge in [0.05, 0.1) is 20.1 Å². The minimum Gasteiger partial charge on any atom is -0.497 e. The van der Waals surface area contributed by atoms with Gasteiger partial charge in [0.25, 0.3) is 5.91 Å². The van der Waals surface area contributed by atoms with Crippen LogP contribution >= 0.6 is 0 Å². The molecule has 0 N–H and O–H groups in total. The van der Waals surface area contributed by atoms with Crippen molar-refractivity contribution in [2.24, 2.45) is 0 Å². The maximum atomic E-state index is 12.3. The van der Waals surface area contributed by atoms with Crippen LogP contribution in [-0.4, -0.2) is 43.6 Å². The van der Waals surface area contributed by atoms with Crippen LogP contribution in [0.5, 0.6) is 11.5 Å². The molecule has 27 heavy (non-hydrogen) atoms. The molecular weight excluding hydrogens is 346 g/mol. The zero-order valence-corrected chi connectivity index (χ0v) is 15.9. The van der Waals surface area contributed by atoms with E-state index in [0.29, 0.717) is 12.3 Å². The van der Waals surface area contributed by atoms with Gasteiger partial charge in [0, 0.05) is 13.6 Å². The normalized spacial score (nSPS) is 11.4. The van der Waals surface area contributed by atoms with E-state index >= 15 is 0 Å². The summed E-state index contributed by atoms with van der Waals surface area (Å²) in [5.41, 5.74) is 1.01. The number of methoxy groups -OCH3 is 1. The lowest BCUT2D eigenvalue weighted by Gasteiger charge is -2.21. The molecule has 0 spiro atoms. The van der Waals surface area contributed by atoms with Crippen LogP contribution in [0.1, 0.15) is 18.9 Å². The molecule has 0 aliphatic heterocycles. The molecular formula is C21H25NO5. The van der Waals surface area contributed by atoms with E-state index in [1.807, 2.05) is 30.3 Å². The van der Waals surface area contributed by atoms with Crippen LogP contribution in [0.2, 0.25) is 0 Å². The number of nitrogens with zero attached hydrogens (tertiary/aromatic N) is 1. The van der Waals surface area contributed by atoms with Crippen molar-refractivity contribution < 1.29 is 23.8 Å². The van der Waals surface area contributed by atoms with E-state index in [9.17, 15) is 9.59 Å². The predicted octanol–water partition coefficient (Wildman–Crippen LogP) is 3.05. The van der Waals surface area contributed by atoms with Gasteiger partial charge in [0.15, 0.2) is 6.10 Å². The van der Waals surface area contributed by atoms with Crippen LogP contribution in [0.3, 0.4) is 0 Å². The molecule has 0 saturated carbocycles. The molecule has 0 heterocycles. The molecule has 0 aliphatic rings. The fourth-order valence-corrected chi connectivity index (χ4v) is 2.48. The molecule has 2 rings (SSSR count). The van der Waals surface area contributed by atoms with E-state index < -0.39 is 12.1 Å². The van der Waals surface area contributed by atoms with Crippen molar-refractivity contribution in [3.05, 3.63) is 60.2 Å². The summed E-state index contributed by atoms with van der Waals surface area (Å²) in [6.45, 7) is 2.21. The van der Waals surface area contributed by atoms with Gasteiger partial charge in [-0.05, 0) is 36.8 Å². The highest BCUT2D eigenvalue weighted by molar-refractivity contribution is 5.83. The largest absolute Gasteiger partial charge is 0.497 e. The number of ether oxygens (including phenoxy) is 3. The SMILES string of the molecule is COc1ccc(OCCC(=O)OC(C)C(=O)N(C)Cc2ccccc2)cc1.